The second kappa shape index (κ2) is 8.99. The Balaban J connectivity index is 1.90. The third-order valence-corrected chi connectivity index (χ3v) is 5.26. The highest BCUT2D eigenvalue weighted by Crippen LogP contribution is 2.38. The maximum Gasteiger partial charge on any atom is 0.254 e. The van der Waals surface area contributed by atoms with E-state index in [1.807, 2.05) is 13.0 Å². The van der Waals surface area contributed by atoms with E-state index in [2.05, 4.69) is 21.2 Å². The van der Waals surface area contributed by atoms with Crippen LogP contribution in [0.1, 0.15) is 24.5 Å². The van der Waals surface area contributed by atoms with E-state index in [9.17, 15) is 9.59 Å². The molecule has 0 atom stereocenters. The number of nitrogens with one attached hydrogen (secondary N) is 1. The second-order valence-electron chi connectivity index (χ2n) is 6.02. The molecule has 2 aromatic carbocycles. The Bertz CT molecular complexity index is 975. The summed E-state index contributed by atoms with van der Waals surface area (Å²) in [7, 11) is 0. The number of halogens is 3. The average Bonchev–Trinajstić information content (AvgIpc) is 2.95. The van der Waals surface area contributed by atoms with Crippen LogP contribution in [0.5, 0.6) is 11.5 Å². The third kappa shape index (κ3) is 4.87. The molecule has 146 valence electrons. The van der Waals surface area contributed by atoms with Crippen LogP contribution < -0.4 is 14.8 Å². The van der Waals surface area contributed by atoms with Gasteiger partial charge in [-0.3, -0.25) is 14.9 Å². The lowest BCUT2D eigenvalue weighted by atomic mass is 10.1. The highest BCUT2D eigenvalue weighted by Gasteiger charge is 2.24. The molecule has 1 aliphatic rings. The lowest BCUT2D eigenvalue weighted by molar-refractivity contribution is -0.124. The molecule has 8 heteroatoms. The second-order valence-corrected chi connectivity index (χ2v) is 7.69. The number of carbonyl (C=O) groups excluding carboxylic acids is 2. The van der Waals surface area contributed by atoms with Gasteiger partial charge in [-0.1, -0.05) is 29.3 Å². The van der Waals surface area contributed by atoms with Crippen molar-refractivity contribution in [2.24, 2.45) is 0 Å². The van der Waals surface area contributed by atoms with Crippen LogP contribution in [0, 0.1) is 0 Å². The standard InChI is InChI=1S/C20H16BrCl2NO4/c1-2-27-19-14(21)6-12(5-13-9-18(25)24-20(13)26)8-17(19)28-10-11-3-4-15(22)16(23)7-11/h3-8H,2,9-10H2,1H3,(H,24,25,26)/b13-5+. The normalized spacial score (nSPS) is 15.1. The number of hydrogen-bond acceptors (Lipinski definition) is 4. The Morgan fingerprint density at radius 1 is 1.14 bits per heavy atom. The van der Waals surface area contributed by atoms with Gasteiger partial charge in [-0.15, -0.1) is 0 Å². The van der Waals surface area contributed by atoms with Gasteiger partial charge in [0.15, 0.2) is 11.5 Å². The Kier molecular flexibility index (Phi) is 6.65. The quantitative estimate of drug-likeness (QED) is 0.454. The summed E-state index contributed by atoms with van der Waals surface area (Å²) in [5.41, 5.74) is 1.95. The molecule has 0 spiro atoms. The zero-order chi connectivity index (χ0) is 20.3. The summed E-state index contributed by atoms with van der Waals surface area (Å²) in [5.74, 6) is 0.362. The van der Waals surface area contributed by atoms with Crippen molar-refractivity contribution < 1.29 is 19.1 Å². The SMILES string of the molecule is CCOc1c(Br)cc(/C=C2\CC(=O)NC2=O)cc1OCc1ccc(Cl)c(Cl)c1. The summed E-state index contributed by atoms with van der Waals surface area (Å²) in [5, 5.41) is 3.19. The number of ether oxygens (including phenoxy) is 2. The Labute approximate surface area is 180 Å². The molecule has 2 amide bonds. The minimum absolute atomic E-state index is 0.0587. The maximum atomic E-state index is 11.8. The Morgan fingerprint density at radius 3 is 2.57 bits per heavy atom. The maximum absolute atomic E-state index is 11.8. The molecule has 3 rings (SSSR count). The molecular weight excluding hydrogens is 469 g/mol. The summed E-state index contributed by atoms with van der Waals surface area (Å²) in [6, 6.07) is 8.83. The molecule has 0 aliphatic carbocycles. The van der Waals surface area contributed by atoms with Crippen molar-refractivity contribution in [2.45, 2.75) is 20.0 Å². The first-order valence-corrected chi connectivity index (χ1v) is 10.00. The number of rotatable bonds is 6. The average molecular weight is 485 g/mol. The number of hydrogen-bond donors (Lipinski definition) is 1. The lowest BCUT2D eigenvalue weighted by Crippen LogP contribution is -2.19. The van der Waals surface area contributed by atoms with Crippen molar-refractivity contribution >= 4 is 57.0 Å². The molecule has 1 aliphatic heterocycles. The van der Waals surface area contributed by atoms with Crippen LogP contribution >= 0.6 is 39.1 Å². The van der Waals surface area contributed by atoms with Crippen molar-refractivity contribution in [1.82, 2.24) is 5.32 Å². The van der Waals surface area contributed by atoms with Gasteiger partial charge in [0, 0.05) is 5.57 Å². The Morgan fingerprint density at radius 2 is 1.93 bits per heavy atom. The first kappa shape index (κ1) is 20.7. The highest BCUT2D eigenvalue weighted by atomic mass is 79.9. The number of carbonyl (C=O) groups is 2. The molecule has 0 aromatic heterocycles. The molecule has 1 heterocycles. The van der Waals surface area contributed by atoms with Crippen LogP contribution in [0.3, 0.4) is 0 Å². The van der Waals surface area contributed by atoms with E-state index in [1.165, 1.54) is 0 Å². The summed E-state index contributed by atoms with van der Waals surface area (Å²) in [6.45, 7) is 2.58. The van der Waals surface area contributed by atoms with E-state index in [-0.39, 0.29) is 24.8 Å². The van der Waals surface area contributed by atoms with Crippen LogP contribution in [0.4, 0.5) is 0 Å². The Hall–Kier alpha value is -2.02. The van der Waals surface area contributed by atoms with Crippen LogP contribution in [-0.2, 0) is 16.2 Å². The fraction of sp³-hybridized carbons (Fsp3) is 0.200. The van der Waals surface area contributed by atoms with E-state index < -0.39 is 0 Å². The van der Waals surface area contributed by atoms with Crippen LogP contribution in [0.15, 0.2) is 40.4 Å². The van der Waals surface area contributed by atoms with E-state index in [0.717, 1.165) is 5.56 Å². The summed E-state index contributed by atoms with van der Waals surface area (Å²) >= 11 is 15.5. The van der Waals surface area contributed by atoms with Gasteiger partial charge in [-0.25, -0.2) is 0 Å². The minimum Gasteiger partial charge on any atom is -0.489 e. The summed E-state index contributed by atoms with van der Waals surface area (Å²) < 4.78 is 12.3. The molecule has 1 N–H and O–H groups in total. The van der Waals surface area contributed by atoms with Gasteiger partial charge in [0.25, 0.3) is 5.91 Å². The molecule has 0 bridgehead atoms. The first-order valence-electron chi connectivity index (χ1n) is 8.45. The molecule has 2 aromatic rings. The van der Waals surface area contributed by atoms with E-state index in [4.69, 9.17) is 32.7 Å². The number of benzene rings is 2. The highest BCUT2D eigenvalue weighted by molar-refractivity contribution is 9.10. The minimum atomic E-state index is -0.381. The third-order valence-electron chi connectivity index (χ3n) is 3.94. The van der Waals surface area contributed by atoms with Crippen LogP contribution in [-0.4, -0.2) is 18.4 Å². The van der Waals surface area contributed by atoms with Crippen molar-refractivity contribution in [2.75, 3.05) is 6.61 Å². The smallest absolute Gasteiger partial charge is 0.254 e. The van der Waals surface area contributed by atoms with Crippen molar-refractivity contribution in [1.29, 1.82) is 0 Å². The van der Waals surface area contributed by atoms with Gasteiger partial charge >= 0.3 is 0 Å². The van der Waals surface area contributed by atoms with Crippen LogP contribution in [0.2, 0.25) is 10.0 Å². The van der Waals surface area contributed by atoms with Gasteiger partial charge in [0.05, 0.1) is 27.5 Å². The predicted octanol–water partition coefficient (Wildman–Crippen LogP) is 5.16. The number of amides is 2. The van der Waals surface area contributed by atoms with E-state index in [1.54, 1.807) is 30.3 Å². The van der Waals surface area contributed by atoms with Crippen molar-refractivity contribution in [3.05, 3.63) is 61.5 Å². The summed E-state index contributed by atoms with van der Waals surface area (Å²) in [4.78, 5) is 23.2. The molecule has 5 nitrogen and oxygen atoms in total. The van der Waals surface area contributed by atoms with Crippen molar-refractivity contribution in [3.63, 3.8) is 0 Å². The van der Waals surface area contributed by atoms with Gasteiger partial charge in [-0.2, -0.15) is 0 Å². The zero-order valence-corrected chi connectivity index (χ0v) is 18.0. The molecule has 0 unspecified atom stereocenters. The topological polar surface area (TPSA) is 64.6 Å². The number of imide groups is 1. The molecule has 0 saturated carbocycles. The van der Waals surface area contributed by atoms with Crippen molar-refractivity contribution in [3.8, 4) is 11.5 Å². The predicted molar refractivity (Wildman–Crippen MR) is 112 cm³/mol. The monoisotopic (exact) mass is 483 g/mol. The van der Waals surface area contributed by atoms with E-state index in [0.29, 0.717) is 43.8 Å². The largest absolute Gasteiger partial charge is 0.489 e. The summed E-state index contributed by atoms with van der Waals surface area (Å²) in [6.07, 6.45) is 1.72. The lowest BCUT2D eigenvalue weighted by Gasteiger charge is -2.15. The molecule has 28 heavy (non-hydrogen) atoms. The van der Waals surface area contributed by atoms with Gasteiger partial charge in [0.1, 0.15) is 6.61 Å². The fourth-order valence-corrected chi connectivity index (χ4v) is 3.57. The molecular formula is C20H16BrCl2NO4. The van der Waals surface area contributed by atoms with E-state index >= 15 is 0 Å². The van der Waals surface area contributed by atoms with Gasteiger partial charge in [-0.05, 0) is 64.3 Å². The zero-order valence-electron chi connectivity index (χ0n) is 14.9. The molecule has 1 saturated heterocycles. The molecule has 0 radical (unpaired) electrons. The van der Waals surface area contributed by atoms with Crippen LogP contribution in [0.25, 0.3) is 6.08 Å². The van der Waals surface area contributed by atoms with Gasteiger partial charge in [0.2, 0.25) is 5.91 Å². The van der Waals surface area contributed by atoms with Gasteiger partial charge < -0.3 is 9.47 Å². The molecule has 1 fully saturated rings. The fourth-order valence-electron chi connectivity index (χ4n) is 2.68. The first-order chi connectivity index (χ1) is 13.4.